The first kappa shape index (κ1) is 17.6. The van der Waals surface area contributed by atoms with Gasteiger partial charge in [0.2, 0.25) is 0 Å². The number of fused-ring (bicyclic) bond motifs is 1. The molecule has 27 heavy (non-hydrogen) atoms. The number of H-pyrrole nitrogens is 1. The number of aromatic nitrogens is 1. The number of hydrogen-bond donors (Lipinski definition) is 2. The van der Waals surface area contributed by atoms with Crippen molar-refractivity contribution < 1.29 is 9.90 Å². The number of aromatic amines is 1. The number of rotatable bonds is 5. The Hall–Kier alpha value is -2.81. The molecule has 3 heteroatoms. The third-order valence-electron chi connectivity index (χ3n) is 5.72. The van der Waals surface area contributed by atoms with Crippen LogP contribution >= 0.6 is 0 Å². The molecule has 1 aromatic heterocycles. The van der Waals surface area contributed by atoms with E-state index in [9.17, 15) is 4.79 Å². The van der Waals surface area contributed by atoms with Gasteiger partial charge in [0, 0.05) is 16.5 Å². The van der Waals surface area contributed by atoms with E-state index in [4.69, 9.17) is 5.11 Å². The van der Waals surface area contributed by atoms with Gasteiger partial charge in [0.15, 0.2) is 0 Å². The van der Waals surface area contributed by atoms with Crippen LogP contribution in [-0.2, 0) is 11.2 Å². The molecular formula is C24H25NO2. The van der Waals surface area contributed by atoms with E-state index >= 15 is 0 Å². The van der Waals surface area contributed by atoms with Gasteiger partial charge >= 0.3 is 5.97 Å². The van der Waals surface area contributed by atoms with Crippen LogP contribution in [0, 0.1) is 0 Å². The molecule has 0 bridgehead atoms. The molecule has 0 atom stereocenters. The van der Waals surface area contributed by atoms with E-state index in [1.54, 1.807) is 0 Å². The highest BCUT2D eigenvalue weighted by Crippen LogP contribution is 2.43. The number of carbonyl (C=O) groups is 1. The highest BCUT2D eigenvalue weighted by atomic mass is 16.4. The first-order valence-electron chi connectivity index (χ1n) is 9.75. The van der Waals surface area contributed by atoms with Crippen molar-refractivity contribution in [3.63, 3.8) is 0 Å². The maximum Gasteiger partial charge on any atom is 0.307 e. The fourth-order valence-electron chi connectivity index (χ4n) is 4.48. The van der Waals surface area contributed by atoms with Crippen LogP contribution in [-0.4, -0.2) is 16.1 Å². The van der Waals surface area contributed by atoms with Gasteiger partial charge in [-0.15, -0.1) is 0 Å². The van der Waals surface area contributed by atoms with Gasteiger partial charge in [0.1, 0.15) is 0 Å². The third-order valence-corrected chi connectivity index (χ3v) is 5.72. The van der Waals surface area contributed by atoms with Crippen molar-refractivity contribution in [2.45, 2.75) is 44.4 Å². The molecule has 0 saturated heterocycles. The SMILES string of the molecule is C=Cc1ccccc1-c1[nH]c2cc(CC(=O)O)ccc2c1C1CCCCC1. The summed E-state index contributed by atoms with van der Waals surface area (Å²) in [5, 5.41) is 10.4. The number of carboxylic acid groups (broad SMARTS) is 1. The van der Waals surface area contributed by atoms with E-state index < -0.39 is 5.97 Å². The van der Waals surface area contributed by atoms with E-state index in [1.807, 2.05) is 24.3 Å². The molecule has 2 N–H and O–H groups in total. The minimum Gasteiger partial charge on any atom is -0.481 e. The zero-order chi connectivity index (χ0) is 18.8. The number of aliphatic carboxylic acids is 1. The quantitative estimate of drug-likeness (QED) is 0.574. The molecule has 0 aliphatic heterocycles. The predicted molar refractivity (Wildman–Crippen MR) is 111 cm³/mol. The summed E-state index contributed by atoms with van der Waals surface area (Å²) < 4.78 is 0. The Labute approximate surface area is 159 Å². The van der Waals surface area contributed by atoms with Gasteiger partial charge in [-0.05, 0) is 41.5 Å². The highest BCUT2D eigenvalue weighted by Gasteiger charge is 2.24. The standard InChI is InChI=1S/C24H25NO2/c1-2-17-8-6-7-11-19(17)24-23(18-9-4-3-5-10-18)20-13-12-16(15-22(26)27)14-21(20)25-24/h2,6-8,11-14,18,25H,1,3-5,9-10,15H2,(H,26,27). The molecule has 0 radical (unpaired) electrons. The van der Waals surface area contributed by atoms with Crippen LogP contribution in [0.25, 0.3) is 28.2 Å². The molecule has 0 unspecified atom stereocenters. The van der Waals surface area contributed by atoms with Crippen molar-refractivity contribution in [1.82, 2.24) is 4.98 Å². The second-order valence-corrected chi connectivity index (χ2v) is 7.49. The summed E-state index contributed by atoms with van der Waals surface area (Å²) >= 11 is 0. The molecule has 0 amide bonds. The lowest BCUT2D eigenvalue weighted by molar-refractivity contribution is -0.136. The monoisotopic (exact) mass is 359 g/mol. The van der Waals surface area contributed by atoms with E-state index in [0.717, 1.165) is 16.6 Å². The van der Waals surface area contributed by atoms with Gasteiger partial charge in [0.05, 0.1) is 12.1 Å². The van der Waals surface area contributed by atoms with E-state index in [2.05, 4.69) is 35.8 Å². The third kappa shape index (κ3) is 3.42. The molecule has 2 aromatic carbocycles. The molecule has 1 aliphatic carbocycles. The topological polar surface area (TPSA) is 53.1 Å². The lowest BCUT2D eigenvalue weighted by atomic mass is 9.81. The fourth-order valence-corrected chi connectivity index (χ4v) is 4.48. The summed E-state index contributed by atoms with van der Waals surface area (Å²) in [6.45, 7) is 3.98. The number of benzene rings is 2. The van der Waals surface area contributed by atoms with Crippen LogP contribution in [0.5, 0.6) is 0 Å². The summed E-state index contributed by atoms with van der Waals surface area (Å²) in [6.07, 6.45) is 8.25. The van der Waals surface area contributed by atoms with Crippen molar-refractivity contribution >= 4 is 22.9 Å². The number of nitrogens with one attached hydrogen (secondary N) is 1. The van der Waals surface area contributed by atoms with Crippen molar-refractivity contribution in [2.24, 2.45) is 0 Å². The average molecular weight is 359 g/mol. The minimum absolute atomic E-state index is 0.0479. The van der Waals surface area contributed by atoms with Crippen LogP contribution < -0.4 is 0 Å². The minimum atomic E-state index is -0.800. The lowest BCUT2D eigenvalue weighted by Crippen LogP contribution is -2.05. The van der Waals surface area contributed by atoms with Gasteiger partial charge in [-0.2, -0.15) is 0 Å². The van der Waals surface area contributed by atoms with E-state index in [1.165, 1.54) is 54.3 Å². The maximum absolute atomic E-state index is 11.1. The molecule has 1 saturated carbocycles. The zero-order valence-corrected chi connectivity index (χ0v) is 15.5. The summed E-state index contributed by atoms with van der Waals surface area (Å²) in [5.74, 6) is -0.253. The molecule has 4 rings (SSSR count). The Morgan fingerprint density at radius 3 is 2.67 bits per heavy atom. The predicted octanol–water partition coefficient (Wildman–Crippen LogP) is 6.15. The molecular weight excluding hydrogens is 334 g/mol. The molecule has 1 aliphatic rings. The zero-order valence-electron chi connectivity index (χ0n) is 15.5. The van der Waals surface area contributed by atoms with Gasteiger partial charge in [0.25, 0.3) is 0 Å². The number of hydrogen-bond acceptors (Lipinski definition) is 1. The van der Waals surface area contributed by atoms with Gasteiger partial charge in [-0.3, -0.25) is 4.79 Å². The Morgan fingerprint density at radius 1 is 1.15 bits per heavy atom. The van der Waals surface area contributed by atoms with Crippen LogP contribution in [0.4, 0.5) is 0 Å². The molecule has 1 heterocycles. The van der Waals surface area contributed by atoms with Crippen molar-refractivity contribution in [3.8, 4) is 11.3 Å². The van der Waals surface area contributed by atoms with Crippen molar-refractivity contribution in [1.29, 1.82) is 0 Å². The summed E-state index contributed by atoms with van der Waals surface area (Å²) in [4.78, 5) is 14.7. The number of carboxylic acids is 1. The largest absolute Gasteiger partial charge is 0.481 e. The summed E-state index contributed by atoms with van der Waals surface area (Å²) in [7, 11) is 0. The Bertz CT molecular complexity index is 993. The van der Waals surface area contributed by atoms with Crippen LogP contribution in [0.15, 0.2) is 49.0 Å². The summed E-state index contributed by atoms with van der Waals surface area (Å²) in [5.41, 5.74) is 6.70. The molecule has 3 nitrogen and oxygen atoms in total. The first-order valence-corrected chi connectivity index (χ1v) is 9.75. The second-order valence-electron chi connectivity index (χ2n) is 7.49. The normalized spacial score (nSPS) is 15.1. The van der Waals surface area contributed by atoms with E-state index in [-0.39, 0.29) is 6.42 Å². The van der Waals surface area contributed by atoms with Crippen molar-refractivity contribution in [3.05, 3.63) is 65.7 Å². The van der Waals surface area contributed by atoms with Crippen LogP contribution in [0.3, 0.4) is 0 Å². The van der Waals surface area contributed by atoms with Crippen molar-refractivity contribution in [2.75, 3.05) is 0 Å². The molecule has 3 aromatic rings. The van der Waals surface area contributed by atoms with Gasteiger partial charge in [-0.25, -0.2) is 0 Å². The first-order chi connectivity index (χ1) is 13.2. The molecule has 1 fully saturated rings. The van der Waals surface area contributed by atoms with Crippen LogP contribution in [0.2, 0.25) is 0 Å². The lowest BCUT2D eigenvalue weighted by Gasteiger charge is -2.23. The Kier molecular flexibility index (Phi) is 4.85. The van der Waals surface area contributed by atoms with E-state index in [0.29, 0.717) is 5.92 Å². The smallest absolute Gasteiger partial charge is 0.307 e. The maximum atomic E-state index is 11.1. The fraction of sp³-hybridized carbons (Fsp3) is 0.292. The molecule has 0 spiro atoms. The average Bonchev–Trinajstić information content (AvgIpc) is 3.06. The second kappa shape index (κ2) is 7.43. The molecule has 138 valence electrons. The highest BCUT2D eigenvalue weighted by molar-refractivity contribution is 5.93. The Morgan fingerprint density at radius 2 is 1.93 bits per heavy atom. The van der Waals surface area contributed by atoms with Crippen LogP contribution in [0.1, 0.15) is 54.7 Å². The van der Waals surface area contributed by atoms with Gasteiger partial charge < -0.3 is 10.1 Å². The summed E-state index contributed by atoms with van der Waals surface area (Å²) in [6, 6.07) is 14.4. The Balaban J connectivity index is 1.92. The van der Waals surface area contributed by atoms with Gasteiger partial charge in [-0.1, -0.05) is 68.3 Å².